The molecule has 19 heavy (non-hydrogen) atoms. The molecule has 1 aromatic heterocycles. The number of anilines is 1. The number of carbonyl (C=O) groups is 1. The topological polar surface area (TPSA) is 68.0 Å². The average Bonchev–Trinajstić information content (AvgIpc) is 2.33. The standard InChI is InChI=1S/C13H19N3O.2ClH/c1-10-11(6-5-9-15-10)16-12(17)13(14)7-3-2-4-8-13;;/h5-6,9H,2-4,7-8,14H2,1H3,(H,16,17);2*1H. The molecule has 1 amide bonds. The first-order valence-corrected chi connectivity index (χ1v) is 6.14. The summed E-state index contributed by atoms with van der Waals surface area (Å²) in [5, 5.41) is 2.89. The van der Waals surface area contributed by atoms with Crippen LogP contribution in [0.1, 0.15) is 37.8 Å². The van der Waals surface area contributed by atoms with Crippen LogP contribution in [-0.4, -0.2) is 16.4 Å². The van der Waals surface area contributed by atoms with Crippen LogP contribution < -0.4 is 11.1 Å². The molecule has 0 saturated heterocycles. The zero-order valence-corrected chi connectivity index (χ0v) is 12.6. The number of carbonyl (C=O) groups excluding carboxylic acids is 1. The van der Waals surface area contributed by atoms with E-state index < -0.39 is 5.54 Å². The summed E-state index contributed by atoms with van der Waals surface area (Å²) < 4.78 is 0. The first kappa shape index (κ1) is 18.2. The van der Waals surface area contributed by atoms with Gasteiger partial charge in [-0.15, -0.1) is 24.8 Å². The number of amides is 1. The Balaban J connectivity index is 0.00000162. The van der Waals surface area contributed by atoms with E-state index in [9.17, 15) is 4.79 Å². The van der Waals surface area contributed by atoms with Gasteiger partial charge >= 0.3 is 0 Å². The van der Waals surface area contributed by atoms with Crippen molar-refractivity contribution in [3.8, 4) is 0 Å². The fourth-order valence-corrected chi connectivity index (χ4v) is 2.27. The van der Waals surface area contributed by atoms with Gasteiger partial charge in [0.2, 0.25) is 5.91 Å². The minimum Gasteiger partial charge on any atom is -0.323 e. The zero-order valence-electron chi connectivity index (χ0n) is 11.0. The molecule has 1 saturated carbocycles. The molecule has 1 fully saturated rings. The molecule has 0 atom stereocenters. The Morgan fingerprint density at radius 3 is 2.53 bits per heavy atom. The number of nitrogens with two attached hydrogens (primary N) is 1. The molecular formula is C13H21Cl2N3O. The van der Waals surface area contributed by atoms with Gasteiger partial charge in [-0.25, -0.2) is 0 Å². The van der Waals surface area contributed by atoms with E-state index in [4.69, 9.17) is 5.73 Å². The Bertz CT molecular complexity index is 420. The third-order valence-corrected chi connectivity index (χ3v) is 3.45. The van der Waals surface area contributed by atoms with Crippen molar-refractivity contribution in [2.75, 3.05) is 5.32 Å². The molecule has 0 radical (unpaired) electrons. The number of pyridine rings is 1. The summed E-state index contributed by atoms with van der Waals surface area (Å²) in [6, 6.07) is 3.67. The van der Waals surface area contributed by atoms with Crippen LogP contribution in [0.25, 0.3) is 0 Å². The molecular weight excluding hydrogens is 285 g/mol. The smallest absolute Gasteiger partial charge is 0.244 e. The van der Waals surface area contributed by atoms with E-state index in [0.717, 1.165) is 37.1 Å². The fraction of sp³-hybridized carbons (Fsp3) is 0.538. The van der Waals surface area contributed by atoms with Crippen LogP contribution in [0.5, 0.6) is 0 Å². The highest BCUT2D eigenvalue weighted by Crippen LogP contribution is 2.27. The van der Waals surface area contributed by atoms with Crippen LogP contribution in [0.3, 0.4) is 0 Å². The Morgan fingerprint density at radius 2 is 1.95 bits per heavy atom. The van der Waals surface area contributed by atoms with Gasteiger partial charge in [0, 0.05) is 6.20 Å². The molecule has 2 rings (SSSR count). The number of hydrogen-bond acceptors (Lipinski definition) is 3. The number of rotatable bonds is 2. The summed E-state index contributed by atoms with van der Waals surface area (Å²) in [7, 11) is 0. The summed E-state index contributed by atoms with van der Waals surface area (Å²) in [6.07, 6.45) is 6.52. The van der Waals surface area contributed by atoms with Gasteiger partial charge in [-0.1, -0.05) is 19.3 Å². The summed E-state index contributed by atoms with van der Waals surface area (Å²) in [6.45, 7) is 1.87. The number of aryl methyl sites for hydroxylation is 1. The van der Waals surface area contributed by atoms with Crippen LogP contribution in [0.2, 0.25) is 0 Å². The average molecular weight is 306 g/mol. The molecule has 0 unspecified atom stereocenters. The predicted molar refractivity (Wildman–Crippen MR) is 82.1 cm³/mol. The number of nitrogens with zero attached hydrogens (tertiary/aromatic N) is 1. The van der Waals surface area contributed by atoms with E-state index in [1.54, 1.807) is 6.20 Å². The van der Waals surface area contributed by atoms with Crippen LogP contribution in [0.4, 0.5) is 5.69 Å². The minimum absolute atomic E-state index is 0. The van der Waals surface area contributed by atoms with E-state index in [1.165, 1.54) is 6.42 Å². The van der Waals surface area contributed by atoms with Crippen molar-refractivity contribution in [2.24, 2.45) is 5.73 Å². The lowest BCUT2D eigenvalue weighted by Gasteiger charge is -2.31. The van der Waals surface area contributed by atoms with Crippen molar-refractivity contribution in [2.45, 2.75) is 44.6 Å². The van der Waals surface area contributed by atoms with Crippen molar-refractivity contribution >= 4 is 36.4 Å². The normalized spacial score (nSPS) is 16.7. The number of nitrogens with one attached hydrogen (secondary N) is 1. The lowest BCUT2D eigenvalue weighted by molar-refractivity contribution is -0.122. The lowest BCUT2D eigenvalue weighted by atomic mass is 9.82. The van der Waals surface area contributed by atoms with Gasteiger partial charge < -0.3 is 11.1 Å². The quantitative estimate of drug-likeness (QED) is 0.883. The third-order valence-electron chi connectivity index (χ3n) is 3.45. The maximum atomic E-state index is 12.2. The summed E-state index contributed by atoms with van der Waals surface area (Å²) in [5.74, 6) is -0.0756. The summed E-state index contributed by atoms with van der Waals surface area (Å²) in [4.78, 5) is 16.3. The predicted octanol–water partition coefficient (Wildman–Crippen LogP) is 2.83. The largest absolute Gasteiger partial charge is 0.323 e. The van der Waals surface area contributed by atoms with Gasteiger partial charge in [-0.3, -0.25) is 9.78 Å². The van der Waals surface area contributed by atoms with Crippen LogP contribution in [0, 0.1) is 6.92 Å². The van der Waals surface area contributed by atoms with Crippen LogP contribution in [0.15, 0.2) is 18.3 Å². The molecule has 1 aliphatic rings. The van der Waals surface area contributed by atoms with Gasteiger partial charge in [0.25, 0.3) is 0 Å². The summed E-state index contributed by atoms with van der Waals surface area (Å²) >= 11 is 0. The lowest BCUT2D eigenvalue weighted by Crippen LogP contribution is -2.52. The molecule has 1 aromatic rings. The second-order valence-corrected chi connectivity index (χ2v) is 4.81. The highest BCUT2D eigenvalue weighted by atomic mass is 35.5. The van der Waals surface area contributed by atoms with Crippen molar-refractivity contribution in [1.82, 2.24) is 4.98 Å². The SMILES string of the molecule is Cc1ncccc1NC(=O)C1(N)CCCCC1.Cl.Cl. The first-order valence-electron chi connectivity index (χ1n) is 6.14. The third kappa shape index (κ3) is 4.34. The highest BCUT2D eigenvalue weighted by Gasteiger charge is 2.35. The molecule has 4 nitrogen and oxygen atoms in total. The molecule has 108 valence electrons. The Morgan fingerprint density at radius 1 is 1.32 bits per heavy atom. The molecule has 3 N–H and O–H groups in total. The number of aromatic nitrogens is 1. The molecule has 0 spiro atoms. The van der Waals surface area contributed by atoms with E-state index in [2.05, 4.69) is 10.3 Å². The maximum absolute atomic E-state index is 12.2. The maximum Gasteiger partial charge on any atom is 0.244 e. The van der Waals surface area contributed by atoms with E-state index in [-0.39, 0.29) is 30.7 Å². The highest BCUT2D eigenvalue weighted by molar-refractivity contribution is 5.98. The van der Waals surface area contributed by atoms with Crippen molar-refractivity contribution in [3.63, 3.8) is 0 Å². The molecule has 0 bridgehead atoms. The Hall–Kier alpha value is -0.840. The molecule has 0 aliphatic heterocycles. The number of halogens is 2. The zero-order chi connectivity index (χ0) is 12.3. The van der Waals surface area contributed by atoms with Gasteiger partial charge in [0.05, 0.1) is 16.9 Å². The van der Waals surface area contributed by atoms with Gasteiger partial charge in [0.1, 0.15) is 0 Å². The molecule has 1 aliphatic carbocycles. The second-order valence-electron chi connectivity index (χ2n) is 4.81. The fourth-order valence-electron chi connectivity index (χ4n) is 2.27. The summed E-state index contributed by atoms with van der Waals surface area (Å²) in [5.41, 5.74) is 7.05. The van der Waals surface area contributed by atoms with Gasteiger partial charge in [0.15, 0.2) is 0 Å². The Labute approximate surface area is 126 Å². The number of hydrogen-bond donors (Lipinski definition) is 2. The second kappa shape index (κ2) is 7.68. The van der Waals surface area contributed by atoms with Gasteiger partial charge in [-0.2, -0.15) is 0 Å². The molecule has 6 heteroatoms. The monoisotopic (exact) mass is 305 g/mol. The van der Waals surface area contributed by atoms with Crippen molar-refractivity contribution in [3.05, 3.63) is 24.0 Å². The van der Waals surface area contributed by atoms with Gasteiger partial charge in [-0.05, 0) is 31.9 Å². The van der Waals surface area contributed by atoms with Crippen molar-refractivity contribution in [1.29, 1.82) is 0 Å². The minimum atomic E-state index is -0.694. The van der Waals surface area contributed by atoms with Crippen LogP contribution in [-0.2, 0) is 4.79 Å². The Kier molecular flexibility index (Phi) is 7.34. The van der Waals surface area contributed by atoms with Crippen molar-refractivity contribution < 1.29 is 4.79 Å². The first-order chi connectivity index (χ1) is 8.12. The molecule has 0 aromatic carbocycles. The molecule has 1 heterocycles. The van der Waals surface area contributed by atoms with E-state index in [0.29, 0.717) is 0 Å². The van der Waals surface area contributed by atoms with E-state index >= 15 is 0 Å². The van der Waals surface area contributed by atoms with E-state index in [1.807, 2.05) is 19.1 Å². The van der Waals surface area contributed by atoms with Crippen LogP contribution >= 0.6 is 24.8 Å².